The molecule has 0 bridgehead atoms. The summed E-state index contributed by atoms with van der Waals surface area (Å²) in [7, 11) is 0. The SMILES string of the molecule is N#Cc1nccnc1-n1c(=O)n(C[C@H]2CC[C@H](NC(=O)c3cc(Cl)cnc3C(F)F)CC2)c2ccccc21. The summed E-state index contributed by atoms with van der Waals surface area (Å²) in [6, 6.07) is 10.3. The molecule has 9 nitrogen and oxygen atoms in total. The third kappa shape index (κ3) is 4.87. The molecular weight excluding hydrogens is 516 g/mol. The molecule has 1 aliphatic carbocycles. The molecule has 0 aliphatic heterocycles. The first kappa shape index (κ1) is 25.5. The molecule has 0 atom stereocenters. The molecule has 0 unspecified atom stereocenters. The van der Waals surface area contributed by atoms with Crippen molar-refractivity contribution in [3.8, 4) is 11.9 Å². The van der Waals surface area contributed by atoms with Gasteiger partial charge >= 0.3 is 5.69 Å². The Morgan fingerprint density at radius 2 is 1.84 bits per heavy atom. The number of halogens is 3. The molecule has 0 spiro atoms. The highest BCUT2D eigenvalue weighted by Crippen LogP contribution is 2.29. The summed E-state index contributed by atoms with van der Waals surface area (Å²) in [4.78, 5) is 38.1. The molecule has 0 radical (unpaired) electrons. The van der Waals surface area contributed by atoms with Crippen molar-refractivity contribution in [1.82, 2.24) is 29.4 Å². The molecule has 3 heterocycles. The van der Waals surface area contributed by atoms with Gasteiger partial charge in [-0.1, -0.05) is 23.7 Å². The number of benzene rings is 1. The van der Waals surface area contributed by atoms with Gasteiger partial charge in [-0.2, -0.15) is 5.26 Å². The van der Waals surface area contributed by atoms with Crippen LogP contribution in [0.1, 0.15) is 53.9 Å². The van der Waals surface area contributed by atoms with Crippen LogP contribution in [0.4, 0.5) is 8.78 Å². The fraction of sp³-hybridized carbons (Fsp3) is 0.308. The molecule has 12 heteroatoms. The molecule has 1 saturated carbocycles. The molecule has 1 fully saturated rings. The molecule has 1 aromatic carbocycles. The van der Waals surface area contributed by atoms with Crippen LogP contribution in [0.25, 0.3) is 16.9 Å². The third-order valence-corrected chi connectivity index (χ3v) is 7.00. The maximum Gasteiger partial charge on any atom is 0.335 e. The van der Waals surface area contributed by atoms with Crippen molar-refractivity contribution in [2.75, 3.05) is 0 Å². The highest BCUT2D eigenvalue weighted by Gasteiger charge is 2.27. The molecule has 3 aromatic heterocycles. The van der Waals surface area contributed by atoms with Gasteiger partial charge in [0.05, 0.1) is 21.6 Å². The summed E-state index contributed by atoms with van der Waals surface area (Å²) in [5.74, 6) is -0.294. The monoisotopic (exact) mass is 537 g/mol. The van der Waals surface area contributed by atoms with Crippen LogP contribution in [0, 0.1) is 17.2 Å². The van der Waals surface area contributed by atoms with Gasteiger partial charge in [0.2, 0.25) is 0 Å². The second-order valence-corrected chi connectivity index (χ2v) is 9.57. The fourth-order valence-electron chi connectivity index (χ4n) is 4.98. The van der Waals surface area contributed by atoms with Crippen molar-refractivity contribution in [2.45, 2.75) is 44.7 Å². The van der Waals surface area contributed by atoms with E-state index in [1.807, 2.05) is 24.3 Å². The number of carbonyl (C=O) groups is 1. The Morgan fingerprint density at radius 1 is 1.13 bits per heavy atom. The minimum Gasteiger partial charge on any atom is -0.349 e. The number of hydrogen-bond acceptors (Lipinski definition) is 6. The van der Waals surface area contributed by atoms with Crippen LogP contribution < -0.4 is 11.0 Å². The lowest BCUT2D eigenvalue weighted by molar-refractivity contribution is 0.0904. The number of pyridine rings is 1. The van der Waals surface area contributed by atoms with Crippen molar-refractivity contribution in [3.63, 3.8) is 0 Å². The Bertz CT molecular complexity index is 1600. The number of nitrogens with zero attached hydrogens (tertiary/aromatic N) is 6. The average Bonchev–Trinajstić information content (AvgIpc) is 3.20. The van der Waals surface area contributed by atoms with E-state index in [1.165, 1.54) is 23.0 Å². The topological polar surface area (TPSA) is 118 Å². The molecule has 1 amide bonds. The Morgan fingerprint density at radius 3 is 2.55 bits per heavy atom. The highest BCUT2D eigenvalue weighted by atomic mass is 35.5. The number of aromatic nitrogens is 5. The number of nitrogens with one attached hydrogen (secondary N) is 1. The fourth-order valence-corrected chi connectivity index (χ4v) is 5.14. The number of carbonyl (C=O) groups excluding carboxylic acids is 1. The summed E-state index contributed by atoms with van der Waals surface area (Å²) in [6.45, 7) is 0.447. The van der Waals surface area contributed by atoms with E-state index < -0.39 is 18.0 Å². The largest absolute Gasteiger partial charge is 0.349 e. The van der Waals surface area contributed by atoms with E-state index in [2.05, 4.69) is 20.3 Å². The van der Waals surface area contributed by atoms with Gasteiger partial charge in [-0.25, -0.2) is 28.1 Å². The van der Waals surface area contributed by atoms with Gasteiger partial charge in [0.15, 0.2) is 11.5 Å². The third-order valence-electron chi connectivity index (χ3n) is 6.79. The van der Waals surface area contributed by atoms with Gasteiger partial charge in [0.1, 0.15) is 11.8 Å². The number of nitriles is 1. The smallest absolute Gasteiger partial charge is 0.335 e. The predicted molar refractivity (Wildman–Crippen MR) is 135 cm³/mol. The van der Waals surface area contributed by atoms with Crippen molar-refractivity contribution in [1.29, 1.82) is 5.26 Å². The number of imidazole rings is 1. The molecule has 5 rings (SSSR count). The highest BCUT2D eigenvalue weighted by molar-refractivity contribution is 6.30. The first-order chi connectivity index (χ1) is 18.4. The van der Waals surface area contributed by atoms with Crippen molar-refractivity contribution in [2.24, 2.45) is 5.92 Å². The lowest BCUT2D eigenvalue weighted by Crippen LogP contribution is -2.39. The minimum atomic E-state index is -2.89. The van der Waals surface area contributed by atoms with Gasteiger partial charge in [0, 0.05) is 31.2 Å². The van der Waals surface area contributed by atoms with Crippen molar-refractivity contribution < 1.29 is 13.6 Å². The summed E-state index contributed by atoms with van der Waals surface area (Å²) in [5, 5.41) is 12.4. The number of alkyl halides is 2. The first-order valence-electron chi connectivity index (χ1n) is 12.0. The molecule has 1 N–H and O–H groups in total. The van der Waals surface area contributed by atoms with Crippen LogP contribution in [-0.2, 0) is 6.54 Å². The maximum absolute atomic E-state index is 13.5. The predicted octanol–water partition coefficient (Wildman–Crippen LogP) is 4.43. The van der Waals surface area contributed by atoms with Crippen LogP contribution in [0.15, 0.2) is 53.7 Å². The summed E-state index contributed by atoms with van der Waals surface area (Å²) in [5.41, 5.74) is 0.259. The first-order valence-corrected chi connectivity index (χ1v) is 12.4. The van der Waals surface area contributed by atoms with Crippen LogP contribution in [0.5, 0.6) is 0 Å². The molecule has 4 aromatic rings. The standard InChI is InChI=1S/C26H22ClF2N7O2/c27-16-11-18(22(23(28)29)33-13-16)25(37)34-17-7-5-15(6-8-17)14-35-20-3-1-2-4-21(20)36(26(35)38)24-19(12-30)31-9-10-32-24/h1-4,9-11,13,15,17,23H,5-8,14H2,(H,34,37)/t15-,17-. The van der Waals surface area contributed by atoms with Gasteiger partial charge in [-0.15, -0.1) is 0 Å². The van der Waals surface area contributed by atoms with E-state index in [9.17, 15) is 23.6 Å². The Hall–Kier alpha value is -4.17. The van der Waals surface area contributed by atoms with E-state index in [4.69, 9.17) is 11.6 Å². The van der Waals surface area contributed by atoms with Gasteiger partial charge < -0.3 is 5.32 Å². The summed E-state index contributed by atoms with van der Waals surface area (Å²) >= 11 is 5.88. The lowest BCUT2D eigenvalue weighted by atomic mass is 9.85. The van der Waals surface area contributed by atoms with Crippen molar-refractivity contribution >= 4 is 28.5 Å². The average molecular weight is 538 g/mol. The maximum atomic E-state index is 13.5. The van der Waals surface area contributed by atoms with Crippen LogP contribution in [0.2, 0.25) is 5.02 Å². The Balaban J connectivity index is 1.32. The van der Waals surface area contributed by atoms with E-state index in [1.54, 1.807) is 10.6 Å². The minimum absolute atomic E-state index is 0.0543. The zero-order valence-corrected chi connectivity index (χ0v) is 20.8. The normalized spacial score (nSPS) is 17.4. The van der Waals surface area contributed by atoms with Crippen LogP contribution >= 0.6 is 11.6 Å². The van der Waals surface area contributed by atoms with Gasteiger partial charge in [-0.05, 0) is 49.8 Å². The molecule has 194 valence electrons. The van der Waals surface area contributed by atoms with Gasteiger partial charge in [-0.3, -0.25) is 14.3 Å². The summed E-state index contributed by atoms with van der Waals surface area (Å²) < 4.78 is 29.7. The lowest BCUT2D eigenvalue weighted by Gasteiger charge is -2.29. The number of amides is 1. The summed E-state index contributed by atoms with van der Waals surface area (Å²) in [6.07, 6.45) is 3.75. The second kappa shape index (κ2) is 10.7. The van der Waals surface area contributed by atoms with Crippen molar-refractivity contribution in [3.05, 3.63) is 81.4 Å². The molecule has 0 saturated heterocycles. The van der Waals surface area contributed by atoms with E-state index >= 15 is 0 Å². The number of hydrogen-bond donors (Lipinski definition) is 1. The van der Waals surface area contributed by atoms with Gasteiger partial charge in [0.25, 0.3) is 12.3 Å². The number of fused-ring (bicyclic) bond motifs is 1. The zero-order chi connectivity index (χ0) is 26.8. The quantitative estimate of drug-likeness (QED) is 0.389. The molecule has 1 aliphatic rings. The number of rotatable bonds is 6. The Kier molecular flexibility index (Phi) is 7.15. The van der Waals surface area contributed by atoms with E-state index in [0.29, 0.717) is 24.9 Å². The zero-order valence-electron chi connectivity index (χ0n) is 20.0. The molecule has 38 heavy (non-hydrogen) atoms. The second-order valence-electron chi connectivity index (χ2n) is 9.14. The van der Waals surface area contributed by atoms with Crippen LogP contribution in [-0.4, -0.2) is 36.0 Å². The number of para-hydroxylation sites is 2. The molecular formula is C26H22ClF2N7O2. The Labute approximate surface area is 220 Å². The van der Waals surface area contributed by atoms with E-state index in [-0.39, 0.29) is 39.7 Å². The van der Waals surface area contributed by atoms with Crippen LogP contribution in [0.3, 0.4) is 0 Å². The van der Waals surface area contributed by atoms with E-state index in [0.717, 1.165) is 24.6 Å².